The van der Waals surface area contributed by atoms with E-state index >= 15 is 0 Å². The van der Waals surface area contributed by atoms with Crippen molar-refractivity contribution in [2.45, 2.75) is 13.0 Å². The molecule has 0 aliphatic heterocycles. The largest absolute Gasteiger partial charge is 0.370 e. The number of nitrogens with zero attached hydrogens (tertiary/aromatic N) is 2. The zero-order valence-electron chi connectivity index (χ0n) is 10.9. The van der Waals surface area contributed by atoms with E-state index in [0.717, 1.165) is 29.1 Å². The molecular weight excluding hydrogens is 304 g/mol. The lowest BCUT2D eigenvalue weighted by atomic mass is 10.1. The van der Waals surface area contributed by atoms with Crippen molar-refractivity contribution in [3.63, 3.8) is 0 Å². The van der Waals surface area contributed by atoms with Crippen molar-refractivity contribution in [2.24, 2.45) is 0 Å². The van der Waals surface area contributed by atoms with Crippen LogP contribution in [-0.2, 0) is 13.0 Å². The van der Waals surface area contributed by atoms with E-state index in [4.69, 9.17) is 0 Å². The van der Waals surface area contributed by atoms with Crippen LogP contribution in [0.2, 0.25) is 0 Å². The second kappa shape index (κ2) is 7.21. The zero-order chi connectivity index (χ0) is 13.5. The highest BCUT2D eigenvalue weighted by Gasteiger charge is 2.00. The Balaban J connectivity index is 1.89. The molecule has 0 atom stereocenters. The zero-order valence-corrected chi connectivity index (χ0v) is 12.4. The van der Waals surface area contributed by atoms with Gasteiger partial charge in [-0.05, 0) is 31.2 Å². The third kappa shape index (κ3) is 4.29. The highest BCUT2D eigenvalue weighted by atomic mass is 79.9. The van der Waals surface area contributed by atoms with Gasteiger partial charge in [0.15, 0.2) is 0 Å². The van der Waals surface area contributed by atoms with Gasteiger partial charge in [-0.15, -0.1) is 0 Å². The van der Waals surface area contributed by atoms with Crippen LogP contribution >= 0.6 is 15.9 Å². The van der Waals surface area contributed by atoms with E-state index in [1.165, 1.54) is 5.56 Å². The monoisotopic (exact) mass is 320 g/mol. The van der Waals surface area contributed by atoms with Gasteiger partial charge in [0.05, 0.1) is 6.54 Å². The molecule has 0 radical (unpaired) electrons. The van der Waals surface area contributed by atoms with Crippen LogP contribution in [0.1, 0.15) is 11.4 Å². The minimum Gasteiger partial charge on any atom is -0.370 e. The lowest BCUT2D eigenvalue weighted by Gasteiger charge is -2.08. The number of hydrogen-bond donors (Lipinski definition) is 2. The molecule has 2 aromatic rings. The third-order valence-electron chi connectivity index (χ3n) is 2.70. The Morgan fingerprint density at radius 2 is 2.05 bits per heavy atom. The van der Waals surface area contributed by atoms with E-state index in [0.29, 0.717) is 6.54 Å². The van der Waals surface area contributed by atoms with Crippen molar-refractivity contribution >= 4 is 21.7 Å². The molecule has 2 rings (SSSR count). The minimum absolute atomic E-state index is 0.680. The quantitative estimate of drug-likeness (QED) is 0.859. The predicted octanol–water partition coefficient (Wildman–Crippen LogP) is 2.61. The number of halogens is 1. The summed E-state index contributed by atoms with van der Waals surface area (Å²) in [5.74, 6) is 1.67. The molecule has 0 amide bonds. The summed E-state index contributed by atoms with van der Waals surface area (Å²) < 4.78 is 1.15. The summed E-state index contributed by atoms with van der Waals surface area (Å²) in [5.41, 5.74) is 1.29. The van der Waals surface area contributed by atoms with Crippen LogP contribution in [0.5, 0.6) is 0 Å². The fourth-order valence-corrected chi connectivity index (χ4v) is 2.25. The molecule has 0 saturated heterocycles. The second-order valence-electron chi connectivity index (χ2n) is 4.16. The summed E-state index contributed by atoms with van der Waals surface area (Å²) in [4.78, 5) is 8.61. The Morgan fingerprint density at radius 3 is 2.84 bits per heavy atom. The van der Waals surface area contributed by atoms with Crippen LogP contribution in [0.25, 0.3) is 0 Å². The maximum Gasteiger partial charge on any atom is 0.144 e. The lowest BCUT2D eigenvalue weighted by molar-refractivity contribution is 0.758. The second-order valence-corrected chi connectivity index (χ2v) is 5.01. The van der Waals surface area contributed by atoms with Gasteiger partial charge in [-0.2, -0.15) is 0 Å². The molecule has 0 spiro atoms. The Hall–Kier alpha value is -1.46. The number of benzene rings is 1. The molecule has 0 saturated carbocycles. The maximum absolute atomic E-state index is 4.42. The van der Waals surface area contributed by atoms with Crippen LogP contribution in [0, 0.1) is 0 Å². The predicted molar refractivity (Wildman–Crippen MR) is 81.1 cm³/mol. The first-order chi connectivity index (χ1) is 9.29. The molecule has 0 fully saturated rings. The summed E-state index contributed by atoms with van der Waals surface area (Å²) in [6.07, 6.45) is 2.73. The lowest BCUT2D eigenvalue weighted by Crippen LogP contribution is -2.12. The molecule has 5 heteroatoms. The van der Waals surface area contributed by atoms with E-state index in [1.807, 2.05) is 19.2 Å². The molecule has 0 unspecified atom stereocenters. The molecule has 0 bridgehead atoms. The minimum atomic E-state index is 0.680. The maximum atomic E-state index is 4.42. The first-order valence-electron chi connectivity index (χ1n) is 6.23. The molecule has 1 aromatic heterocycles. The first-order valence-corrected chi connectivity index (χ1v) is 7.02. The Bertz CT molecular complexity index is 530. The van der Waals surface area contributed by atoms with Gasteiger partial charge in [0.1, 0.15) is 11.6 Å². The number of aromatic nitrogens is 2. The summed E-state index contributed by atoms with van der Waals surface area (Å²) >= 11 is 3.55. The first kappa shape index (κ1) is 14.0. The number of rotatable bonds is 6. The highest BCUT2D eigenvalue weighted by Crippen LogP contribution is 2.16. The van der Waals surface area contributed by atoms with Crippen molar-refractivity contribution < 1.29 is 0 Å². The van der Waals surface area contributed by atoms with Crippen molar-refractivity contribution in [3.8, 4) is 0 Å². The van der Waals surface area contributed by atoms with Crippen LogP contribution in [0.4, 0.5) is 5.82 Å². The smallest absolute Gasteiger partial charge is 0.144 e. The van der Waals surface area contributed by atoms with Gasteiger partial charge in [-0.3, -0.25) is 0 Å². The van der Waals surface area contributed by atoms with Crippen molar-refractivity contribution in [3.05, 3.63) is 52.4 Å². The molecule has 1 aromatic carbocycles. The molecule has 100 valence electrons. The number of nitrogens with one attached hydrogen (secondary N) is 2. The summed E-state index contributed by atoms with van der Waals surface area (Å²) in [6, 6.07) is 10.1. The normalized spacial score (nSPS) is 10.4. The molecule has 0 aliphatic rings. The Labute approximate surface area is 121 Å². The average Bonchev–Trinajstić information content (AvgIpc) is 2.42. The number of anilines is 1. The van der Waals surface area contributed by atoms with Crippen LogP contribution < -0.4 is 10.6 Å². The fraction of sp³-hybridized carbons (Fsp3) is 0.286. The highest BCUT2D eigenvalue weighted by molar-refractivity contribution is 9.10. The van der Waals surface area contributed by atoms with Crippen LogP contribution in [0.15, 0.2) is 41.0 Å². The molecule has 1 heterocycles. The standard InChI is InChI=1S/C14H17BrN4/c1-16-10-14-18-9-7-13(19-14)17-8-6-11-4-2-3-5-12(11)15/h2-5,7,9,16H,6,8,10H2,1H3,(H,17,18,19). The molecule has 19 heavy (non-hydrogen) atoms. The van der Waals surface area contributed by atoms with Gasteiger partial charge in [0.25, 0.3) is 0 Å². The fourth-order valence-electron chi connectivity index (χ4n) is 1.77. The summed E-state index contributed by atoms with van der Waals surface area (Å²) in [6.45, 7) is 1.53. The van der Waals surface area contributed by atoms with Crippen LogP contribution in [0.3, 0.4) is 0 Å². The van der Waals surface area contributed by atoms with E-state index < -0.39 is 0 Å². The van der Waals surface area contributed by atoms with Gasteiger partial charge in [-0.25, -0.2) is 9.97 Å². The van der Waals surface area contributed by atoms with E-state index in [2.05, 4.69) is 54.7 Å². The average molecular weight is 321 g/mol. The van der Waals surface area contributed by atoms with Gasteiger partial charge < -0.3 is 10.6 Å². The van der Waals surface area contributed by atoms with Crippen LogP contribution in [-0.4, -0.2) is 23.6 Å². The number of hydrogen-bond acceptors (Lipinski definition) is 4. The molecule has 2 N–H and O–H groups in total. The van der Waals surface area contributed by atoms with Gasteiger partial charge >= 0.3 is 0 Å². The molecular formula is C14H17BrN4. The van der Waals surface area contributed by atoms with Crippen molar-refractivity contribution in [2.75, 3.05) is 18.9 Å². The summed E-state index contributed by atoms with van der Waals surface area (Å²) in [5, 5.41) is 6.36. The molecule has 0 aliphatic carbocycles. The van der Waals surface area contributed by atoms with Gasteiger partial charge in [0, 0.05) is 17.2 Å². The van der Waals surface area contributed by atoms with E-state index in [1.54, 1.807) is 6.20 Å². The van der Waals surface area contributed by atoms with E-state index in [-0.39, 0.29) is 0 Å². The SMILES string of the molecule is CNCc1nccc(NCCc2ccccc2Br)n1. The molecule has 4 nitrogen and oxygen atoms in total. The Morgan fingerprint density at radius 1 is 1.21 bits per heavy atom. The summed E-state index contributed by atoms with van der Waals surface area (Å²) in [7, 11) is 1.89. The third-order valence-corrected chi connectivity index (χ3v) is 3.47. The van der Waals surface area contributed by atoms with Crippen molar-refractivity contribution in [1.29, 1.82) is 0 Å². The Kier molecular flexibility index (Phi) is 5.30. The van der Waals surface area contributed by atoms with E-state index in [9.17, 15) is 0 Å². The van der Waals surface area contributed by atoms with Gasteiger partial charge in [-0.1, -0.05) is 34.1 Å². The topological polar surface area (TPSA) is 49.8 Å². The van der Waals surface area contributed by atoms with Gasteiger partial charge in [0.2, 0.25) is 0 Å². The van der Waals surface area contributed by atoms with Crippen molar-refractivity contribution in [1.82, 2.24) is 15.3 Å².